The summed E-state index contributed by atoms with van der Waals surface area (Å²) < 4.78 is 0. The predicted molar refractivity (Wildman–Crippen MR) is 57.3 cm³/mol. The fraction of sp³-hybridized carbons (Fsp3) is 0.500. The maximum atomic E-state index is 3.57. The first-order valence-electron chi connectivity index (χ1n) is 5.04. The Morgan fingerprint density at radius 1 is 1.23 bits per heavy atom. The third kappa shape index (κ3) is 1.43. The molecule has 0 saturated carbocycles. The quantitative estimate of drug-likeness (QED) is 0.639. The van der Waals surface area contributed by atoms with Gasteiger partial charge in [0, 0.05) is 11.7 Å². The lowest BCUT2D eigenvalue weighted by atomic mass is 9.93. The van der Waals surface area contributed by atoms with Gasteiger partial charge in [0.1, 0.15) is 0 Å². The molecule has 1 heterocycles. The molecule has 0 saturated heterocycles. The summed E-state index contributed by atoms with van der Waals surface area (Å²) in [6.07, 6.45) is 2.49. The topological polar surface area (TPSA) is 12.0 Å². The van der Waals surface area contributed by atoms with E-state index in [4.69, 9.17) is 0 Å². The molecule has 70 valence electrons. The van der Waals surface area contributed by atoms with Crippen LogP contribution in [0.15, 0.2) is 12.1 Å². The monoisotopic (exact) mass is 175 g/mol. The van der Waals surface area contributed by atoms with E-state index in [2.05, 4.69) is 38.2 Å². The molecule has 1 nitrogen and oxygen atoms in total. The van der Waals surface area contributed by atoms with Crippen LogP contribution >= 0.6 is 0 Å². The summed E-state index contributed by atoms with van der Waals surface area (Å²) in [5, 5.41) is 3.57. The van der Waals surface area contributed by atoms with Gasteiger partial charge in [-0.05, 0) is 50.3 Å². The molecular weight excluding hydrogens is 158 g/mol. The summed E-state index contributed by atoms with van der Waals surface area (Å²) in [6, 6.07) is 5.07. The smallest absolute Gasteiger partial charge is 0.0407 e. The molecule has 0 spiro atoms. The molecule has 2 rings (SSSR count). The zero-order chi connectivity index (χ0) is 9.42. The van der Waals surface area contributed by atoms with Crippen molar-refractivity contribution in [1.29, 1.82) is 0 Å². The predicted octanol–water partition coefficient (Wildman–Crippen LogP) is 3.05. The molecule has 13 heavy (non-hydrogen) atoms. The van der Waals surface area contributed by atoms with Gasteiger partial charge in [-0.2, -0.15) is 0 Å². The number of rotatable bonds is 0. The van der Waals surface area contributed by atoms with Crippen LogP contribution in [0.4, 0.5) is 5.69 Å². The minimum Gasteiger partial charge on any atom is -0.382 e. The van der Waals surface area contributed by atoms with Crippen LogP contribution in [-0.2, 0) is 6.42 Å². The highest BCUT2D eigenvalue weighted by Crippen LogP contribution is 2.30. The Balaban J connectivity index is 2.51. The number of aryl methyl sites for hydroxylation is 2. The van der Waals surface area contributed by atoms with Crippen molar-refractivity contribution in [2.45, 2.75) is 39.7 Å². The molecule has 0 aromatic heterocycles. The van der Waals surface area contributed by atoms with Crippen LogP contribution in [-0.4, -0.2) is 6.04 Å². The molecule has 0 radical (unpaired) electrons. The molecule has 0 aliphatic carbocycles. The highest BCUT2D eigenvalue weighted by molar-refractivity contribution is 5.61. The lowest BCUT2D eigenvalue weighted by Gasteiger charge is -2.27. The van der Waals surface area contributed by atoms with E-state index in [0.29, 0.717) is 6.04 Å². The zero-order valence-corrected chi connectivity index (χ0v) is 8.65. The van der Waals surface area contributed by atoms with Crippen LogP contribution in [0.3, 0.4) is 0 Å². The van der Waals surface area contributed by atoms with Gasteiger partial charge in [0.05, 0.1) is 0 Å². The van der Waals surface area contributed by atoms with E-state index in [1.807, 2.05) is 0 Å². The second-order valence-electron chi connectivity index (χ2n) is 4.14. The van der Waals surface area contributed by atoms with Gasteiger partial charge < -0.3 is 5.32 Å². The fourth-order valence-electron chi connectivity index (χ4n) is 2.07. The first kappa shape index (κ1) is 8.61. The summed E-state index contributed by atoms with van der Waals surface area (Å²) in [4.78, 5) is 0. The molecule has 1 atom stereocenters. The Morgan fingerprint density at radius 2 is 1.92 bits per heavy atom. The van der Waals surface area contributed by atoms with Crippen molar-refractivity contribution in [3.63, 3.8) is 0 Å². The third-order valence-electron chi connectivity index (χ3n) is 2.97. The number of hydrogen-bond donors (Lipinski definition) is 1. The van der Waals surface area contributed by atoms with E-state index in [0.717, 1.165) is 0 Å². The Bertz CT molecular complexity index is 328. The first-order valence-corrected chi connectivity index (χ1v) is 5.04. The van der Waals surface area contributed by atoms with Crippen molar-refractivity contribution in [3.8, 4) is 0 Å². The summed E-state index contributed by atoms with van der Waals surface area (Å²) in [5.74, 6) is 0. The van der Waals surface area contributed by atoms with Gasteiger partial charge in [0.25, 0.3) is 0 Å². The van der Waals surface area contributed by atoms with Crippen molar-refractivity contribution in [1.82, 2.24) is 0 Å². The van der Waals surface area contributed by atoms with E-state index in [9.17, 15) is 0 Å². The van der Waals surface area contributed by atoms with E-state index >= 15 is 0 Å². The lowest BCUT2D eigenvalue weighted by molar-refractivity contribution is 0.677. The Hall–Kier alpha value is -0.980. The van der Waals surface area contributed by atoms with Crippen molar-refractivity contribution in [2.75, 3.05) is 5.32 Å². The summed E-state index contributed by atoms with van der Waals surface area (Å²) in [5.41, 5.74) is 5.73. The maximum Gasteiger partial charge on any atom is 0.0407 e. The average molecular weight is 175 g/mol. The van der Waals surface area contributed by atoms with Crippen molar-refractivity contribution >= 4 is 5.69 Å². The fourth-order valence-corrected chi connectivity index (χ4v) is 2.07. The second-order valence-corrected chi connectivity index (χ2v) is 4.14. The molecule has 0 fully saturated rings. The van der Waals surface area contributed by atoms with Gasteiger partial charge in [-0.1, -0.05) is 12.1 Å². The Labute approximate surface area is 80.2 Å². The van der Waals surface area contributed by atoms with Crippen molar-refractivity contribution in [3.05, 3.63) is 28.8 Å². The van der Waals surface area contributed by atoms with E-state index in [1.165, 1.54) is 35.2 Å². The molecule has 1 aromatic rings. The maximum absolute atomic E-state index is 3.57. The molecule has 0 unspecified atom stereocenters. The molecule has 0 bridgehead atoms. The standard InChI is InChI=1S/C12H17N/c1-8-4-5-9(2)12-11(8)7-6-10(3)13-12/h4-5,10,13H,6-7H2,1-3H3/t10-/m1/s1. The van der Waals surface area contributed by atoms with Crippen LogP contribution in [0, 0.1) is 13.8 Å². The lowest BCUT2D eigenvalue weighted by Crippen LogP contribution is -2.23. The third-order valence-corrected chi connectivity index (χ3v) is 2.97. The Kier molecular flexibility index (Phi) is 2.03. The second kappa shape index (κ2) is 3.06. The molecule has 1 N–H and O–H groups in total. The van der Waals surface area contributed by atoms with Crippen LogP contribution < -0.4 is 5.32 Å². The van der Waals surface area contributed by atoms with E-state index in [1.54, 1.807) is 0 Å². The van der Waals surface area contributed by atoms with Crippen LogP contribution in [0.2, 0.25) is 0 Å². The number of hydrogen-bond acceptors (Lipinski definition) is 1. The normalized spacial score (nSPS) is 20.7. The van der Waals surface area contributed by atoms with Crippen LogP contribution in [0.5, 0.6) is 0 Å². The van der Waals surface area contributed by atoms with E-state index < -0.39 is 0 Å². The molecule has 0 amide bonds. The summed E-state index contributed by atoms with van der Waals surface area (Å²) in [6.45, 7) is 6.64. The number of anilines is 1. The van der Waals surface area contributed by atoms with Crippen LogP contribution in [0.25, 0.3) is 0 Å². The highest BCUT2D eigenvalue weighted by Gasteiger charge is 2.16. The summed E-state index contributed by atoms with van der Waals surface area (Å²) in [7, 11) is 0. The average Bonchev–Trinajstić information content (AvgIpc) is 2.12. The van der Waals surface area contributed by atoms with Gasteiger partial charge in [-0.3, -0.25) is 0 Å². The molecule has 1 heteroatoms. The van der Waals surface area contributed by atoms with Crippen LogP contribution in [0.1, 0.15) is 30.0 Å². The number of fused-ring (bicyclic) bond motifs is 1. The van der Waals surface area contributed by atoms with Gasteiger partial charge >= 0.3 is 0 Å². The molecule has 1 aliphatic rings. The number of nitrogens with one attached hydrogen (secondary N) is 1. The number of benzene rings is 1. The van der Waals surface area contributed by atoms with Gasteiger partial charge in [0.2, 0.25) is 0 Å². The van der Waals surface area contributed by atoms with Crippen molar-refractivity contribution < 1.29 is 0 Å². The SMILES string of the molecule is Cc1ccc(C)c2c1CC[C@@H](C)N2. The highest BCUT2D eigenvalue weighted by atomic mass is 14.9. The van der Waals surface area contributed by atoms with E-state index in [-0.39, 0.29) is 0 Å². The minimum absolute atomic E-state index is 0.632. The molecule has 1 aliphatic heterocycles. The van der Waals surface area contributed by atoms with Gasteiger partial charge in [-0.25, -0.2) is 0 Å². The molecule has 1 aromatic carbocycles. The minimum atomic E-state index is 0.632. The summed E-state index contributed by atoms with van der Waals surface area (Å²) >= 11 is 0. The molecular formula is C12H17N. The first-order chi connectivity index (χ1) is 6.18. The zero-order valence-electron chi connectivity index (χ0n) is 8.65. The van der Waals surface area contributed by atoms with Gasteiger partial charge in [0.15, 0.2) is 0 Å². The van der Waals surface area contributed by atoms with Crippen molar-refractivity contribution in [2.24, 2.45) is 0 Å². The Morgan fingerprint density at radius 3 is 2.69 bits per heavy atom. The van der Waals surface area contributed by atoms with Gasteiger partial charge in [-0.15, -0.1) is 0 Å². The largest absolute Gasteiger partial charge is 0.382 e.